The molecule has 0 bridgehead atoms. The quantitative estimate of drug-likeness (QED) is 0.807. The highest BCUT2D eigenvalue weighted by Crippen LogP contribution is 2.35. The molecule has 0 aliphatic carbocycles. The standard InChI is InChI=1S/C19H18F3N3O2/c20-19(21,22)16-4-2-1-3-12(16)9-13-10-17(26)15-11-23-25(18(15)24-13)14-5-7-27-8-6-14/h1-4,11,14H,5-10H2. The molecule has 0 spiro atoms. The van der Waals surface area contributed by atoms with Crippen LogP contribution in [0.15, 0.2) is 35.5 Å². The Kier molecular flexibility index (Phi) is 4.59. The van der Waals surface area contributed by atoms with Crippen molar-refractivity contribution in [3.8, 4) is 0 Å². The molecular weight excluding hydrogens is 359 g/mol. The maximum Gasteiger partial charge on any atom is 0.416 e. The molecule has 1 aromatic heterocycles. The van der Waals surface area contributed by atoms with Crippen LogP contribution in [-0.2, 0) is 17.3 Å². The number of aromatic nitrogens is 2. The Balaban J connectivity index is 1.67. The van der Waals surface area contributed by atoms with E-state index in [2.05, 4.69) is 10.1 Å². The molecule has 1 aromatic carbocycles. The zero-order valence-corrected chi connectivity index (χ0v) is 14.5. The second-order valence-electron chi connectivity index (χ2n) is 6.78. The number of fused-ring (bicyclic) bond motifs is 1. The fraction of sp³-hybridized carbons (Fsp3) is 0.421. The molecule has 0 radical (unpaired) electrons. The number of ether oxygens (including phenoxy) is 1. The number of nitrogens with zero attached hydrogens (tertiary/aromatic N) is 3. The number of halogens is 3. The fourth-order valence-corrected chi connectivity index (χ4v) is 3.60. The van der Waals surface area contributed by atoms with Gasteiger partial charge >= 0.3 is 6.18 Å². The number of Topliss-reactive ketones (excluding diaryl/α,β-unsaturated/α-hetero) is 1. The van der Waals surface area contributed by atoms with Gasteiger partial charge in [-0.2, -0.15) is 18.3 Å². The molecule has 1 fully saturated rings. The van der Waals surface area contributed by atoms with Crippen LogP contribution >= 0.6 is 0 Å². The summed E-state index contributed by atoms with van der Waals surface area (Å²) in [5, 5.41) is 4.32. The summed E-state index contributed by atoms with van der Waals surface area (Å²) in [5.41, 5.74) is 0.299. The number of alkyl halides is 3. The SMILES string of the molecule is O=C1CC(Cc2ccccc2C(F)(F)F)=Nc2c1cnn2C1CCOCC1. The van der Waals surface area contributed by atoms with Gasteiger partial charge in [-0.15, -0.1) is 0 Å². The second-order valence-corrected chi connectivity index (χ2v) is 6.78. The molecular formula is C19H18F3N3O2. The molecule has 142 valence electrons. The normalized spacial score (nSPS) is 18.3. The van der Waals surface area contributed by atoms with Crippen molar-refractivity contribution in [3.63, 3.8) is 0 Å². The zero-order chi connectivity index (χ0) is 19.0. The summed E-state index contributed by atoms with van der Waals surface area (Å²) >= 11 is 0. The summed E-state index contributed by atoms with van der Waals surface area (Å²) in [4.78, 5) is 17.0. The number of carbonyl (C=O) groups excluding carboxylic acids is 1. The molecule has 2 aromatic rings. The highest BCUT2D eigenvalue weighted by Gasteiger charge is 2.34. The minimum Gasteiger partial charge on any atom is -0.381 e. The lowest BCUT2D eigenvalue weighted by atomic mass is 9.96. The Morgan fingerprint density at radius 1 is 1.19 bits per heavy atom. The molecule has 2 aliphatic rings. The minimum absolute atomic E-state index is 0.0126. The van der Waals surface area contributed by atoms with Crippen molar-refractivity contribution in [2.24, 2.45) is 4.99 Å². The Hall–Kier alpha value is -2.48. The molecule has 5 nitrogen and oxygen atoms in total. The molecule has 4 rings (SSSR count). The Bertz CT molecular complexity index is 896. The maximum atomic E-state index is 13.2. The Morgan fingerprint density at radius 2 is 1.93 bits per heavy atom. The van der Waals surface area contributed by atoms with Gasteiger partial charge in [0.15, 0.2) is 11.6 Å². The van der Waals surface area contributed by atoms with E-state index in [0.29, 0.717) is 30.3 Å². The summed E-state index contributed by atoms with van der Waals surface area (Å²) in [6, 6.07) is 5.49. The molecule has 0 saturated carbocycles. The average Bonchev–Trinajstić information content (AvgIpc) is 3.06. The van der Waals surface area contributed by atoms with Gasteiger partial charge in [-0.25, -0.2) is 9.67 Å². The monoisotopic (exact) mass is 377 g/mol. The first-order valence-electron chi connectivity index (χ1n) is 8.83. The van der Waals surface area contributed by atoms with Gasteiger partial charge in [0.2, 0.25) is 0 Å². The third-order valence-corrected chi connectivity index (χ3v) is 4.95. The van der Waals surface area contributed by atoms with Gasteiger partial charge in [0.25, 0.3) is 0 Å². The van der Waals surface area contributed by atoms with Crippen molar-refractivity contribution in [2.45, 2.75) is 37.9 Å². The molecule has 0 atom stereocenters. The molecule has 0 unspecified atom stereocenters. The van der Waals surface area contributed by atoms with E-state index in [1.54, 1.807) is 10.7 Å². The predicted molar refractivity (Wildman–Crippen MR) is 92.5 cm³/mol. The van der Waals surface area contributed by atoms with Crippen LogP contribution in [-0.4, -0.2) is 34.5 Å². The number of benzene rings is 1. The van der Waals surface area contributed by atoms with Crippen LogP contribution in [0, 0.1) is 0 Å². The van der Waals surface area contributed by atoms with Crippen LogP contribution in [0.3, 0.4) is 0 Å². The minimum atomic E-state index is -4.44. The first kappa shape index (κ1) is 17.9. The highest BCUT2D eigenvalue weighted by molar-refractivity contribution is 6.15. The molecule has 1 saturated heterocycles. The van der Waals surface area contributed by atoms with Crippen molar-refractivity contribution in [1.82, 2.24) is 9.78 Å². The summed E-state index contributed by atoms with van der Waals surface area (Å²) in [6.45, 7) is 1.23. The fourth-order valence-electron chi connectivity index (χ4n) is 3.60. The van der Waals surface area contributed by atoms with Crippen LogP contribution in [0.25, 0.3) is 0 Å². The number of aliphatic imine (C=N–C) groups is 1. The van der Waals surface area contributed by atoms with Gasteiger partial charge in [-0.05, 0) is 24.5 Å². The van der Waals surface area contributed by atoms with Crippen molar-refractivity contribution in [2.75, 3.05) is 13.2 Å². The first-order valence-corrected chi connectivity index (χ1v) is 8.83. The van der Waals surface area contributed by atoms with E-state index in [0.717, 1.165) is 18.9 Å². The van der Waals surface area contributed by atoms with Gasteiger partial charge in [-0.3, -0.25) is 4.79 Å². The van der Waals surface area contributed by atoms with E-state index in [-0.39, 0.29) is 30.2 Å². The largest absolute Gasteiger partial charge is 0.416 e. The third kappa shape index (κ3) is 3.53. The number of rotatable bonds is 3. The van der Waals surface area contributed by atoms with Gasteiger partial charge in [0, 0.05) is 25.3 Å². The van der Waals surface area contributed by atoms with E-state index >= 15 is 0 Å². The van der Waals surface area contributed by atoms with E-state index in [1.807, 2.05) is 0 Å². The highest BCUT2D eigenvalue weighted by atomic mass is 19.4. The zero-order valence-electron chi connectivity index (χ0n) is 14.5. The number of hydrogen-bond acceptors (Lipinski definition) is 4. The molecule has 2 aliphatic heterocycles. The number of hydrogen-bond donors (Lipinski definition) is 0. The van der Waals surface area contributed by atoms with Crippen molar-refractivity contribution in [3.05, 3.63) is 47.2 Å². The second kappa shape index (κ2) is 6.92. The Labute approximate surface area is 153 Å². The molecule has 0 N–H and O–H groups in total. The van der Waals surface area contributed by atoms with E-state index < -0.39 is 11.7 Å². The molecule has 3 heterocycles. The Morgan fingerprint density at radius 3 is 2.67 bits per heavy atom. The van der Waals surface area contributed by atoms with Crippen LogP contribution in [0.1, 0.15) is 46.8 Å². The molecule has 0 amide bonds. The van der Waals surface area contributed by atoms with Crippen LogP contribution in [0.5, 0.6) is 0 Å². The van der Waals surface area contributed by atoms with Gasteiger partial charge in [-0.1, -0.05) is 18.2 Å². The average molecular weight is 377 g/mol. The lowest BCUT2D eigenvalue weighted by molar-refractivity contribution is -0.138. The van der Waals surface area contributed by atoms with Crippen LogP contribution in [0.2, 0.25) is 0 Å². The van der Waals surface area contributed by atoms with Crippen LogP contribution in [0.4, 0.5) is 19.0 Å². The first-order chi connectivity index (χ1) is 12.9. The van der Waals surface area contributed by atoms with Crippen LogP contribution < -0.4 is 0 Å². The molecule has 8 heteroatoms. The van der Waals surface area contributed by atoms with Gasteiger partial charge in [0.05, 0.1) is 29.8 Å². The lowest BCUT2D eigenvalue weighted by Crippen LogP contribution is -2.22. The summed E-state index contributed by atoms with van der Waals surface area (Å²) < 4.78 is 46.8. The summed E-state index contributed by atoms with van der Waals surface area (Å²) in [5.74, 6) is 0.301. The topological polar surface area (TPSA) is 56.5 Å². The van der Waals surface area contributed by atoms with E-state index in [4.69, 9.17) is 4.74 Å². The van der Waals surface area contributed by atoms with Gasteiger partial charge < -0.3 is 4.74 Å². The van der Waals surface area contributed by atoms with E-state index in [1.165, 1.54) is 18.3 Å². The smallest absolute Gasteiger partial charge is 0.381 e. The summed E-state index contributed by atoms with van der Waals surface area (Å²) in [6.07, 6.45) is -1.39. The molecule has 27 heavy (non-hydrogen) atoms. The lowest BCUT2D eigenvalue weighted by Gasteiger charge is -2.24. The van der Waals surface area contributed by atoms with Crippen molar-refractivity contribution < 1.29 is 22.7 Å². The van der Waals surface area contributed by atoms with Crippen molar-refractivity contribution in [1.29, 1.82) is 0 Å². The number of carbonyl (C=O) groups is 1. The maximum absolute atomic E-state index is 13.2. The third-order valence-electron chi connectivity index (χ3n) is 4.95. The van der Waals surface area contributed by atoms with Crippen molar-refractivity contribution >= 4 is 17.3 Å². The van der Waals surface area contributed by atoms with Gasteiger partial charge in [0.1, 0.15) is 0 Å². The summed E-state index contributed by atoms with van der Waals surface area (Å²) in [7, 11) is 0. The predicted octanol–water partition coefficient (Wildman–Crippen LogP) is 4.16. The number of ketones is 1. The van der Waals surface area contributed by atoms with E-state index in [9.17, 15) is 18.0 Å².